The lowest BCUT2D eigenvalue weighted by Crippen LogP contribution is -2.34. The van der Waals surface area contributed by atoms with Crippen molar-refractivity contribution in [2.24, 2.45) is 5.92 Å². The van der Waals surface area contributed by atoms with Crippen molar-refractivity contribution in [1.29, 1.82) is 0 Å². The number of benzene rings is 1. The van der Waals surface area contributed by atoms with E-state index in [4.69, 9.17) is 5.73 Å². The van der Waals surface area contributed by atoms with Crippen LogP contribution in [0.1, 0.15) is 44.6 Å². The summed E-state index contributed by atoms with van der Waals surface area (Å²) in [4.78, 5) is 0. The van der Waals surface area contributed by atoms with Crippen LogP contribution in [0.2, 0.25) is 0 Å². The second-order valence-electron chi connectivity index (χ2n) is 5.07. The van der Waals surface area contributed by atoms with Crippen molar-refractivity contribution >= 4 is 5.69 Å². The third kappa shape index (κ3) is 2.07. The number of aliphatic hydroxyl groups is 1. The molecular formula is C14H21NO. The van der Waals surface area contributed by atoms with E-state index in [1.807, 2.05) is 31.2 Å². The Hall–Kier alpha value is -1.02. The van der Waals surface area contributed by atoms with Crippen molar-refractivity contribution < 1.29 is 5.11 Å². The van der Waals surface area contributed by atoms with Crippen LogP contribution in [0.4, 0.5) is 5.69 Å². The highest BCUT2D eigenvalue weighted by atomic mass is 16.3. The lowest BCUT2D eigenvalue weighted by atomic mass is 9.74. The number of nitrogen functional groups attached to an aromatic ring is 1. The molecule has 0 spiro atoms. The Labute approximate surface area is 97.5 Å². The first-order valence-electron chi connectivity index (χ1n) is 6.19. The number of nitrogens with two attached hydrogens (primary N) is 1. The van der Waals surface area contributed by atoms with E-state index in [0.717, 1.165) is 18.4 Å². The van der Waals surface area contributed by atoms with E-state index in [-0.39, 0.29) is 0 Å². The van der Waals surface area contributed by atoms with Crippen molar-refractivity contribution in [1.82, 2.24) is 0 Å². The fraction of sp³-hybridized carbons (Fsp3) is 0.571. The lowest BCUT2D eigenvalue weighted by molar-refractivity contribution is -0.0208. The van der Waals surface area contributed by atoms with Crippen molar-refractivity contribution in [2.75, 3.05) is 5.73 Å². The van der Waals surface area contributed by atoms with Gasteiger partial charge in [-0.1, -0.05) is 37.5 Å². The first kappa shape index (κ1) is 11.5. The summed E-state index contributed by atoms with van der Waals surface area (Å²) in [7, 11) is 0. The van der Waals surface area contributed by atoms with E-state index in [1.165, 1.54) is 19.3 Å². The summed E-state index contributed by atoms with van der Waals surface area (Å²) >= 11 is 0. The monoisotopic (exact) mass is 219 g/mol. The van der Waals surface area contributed by atoms with Gasteiger partial charge in [0.1, 0.15) is 0 Å². The summed E-state index contributed by atoms with van der Waals surface area (Å²) in [6.07, 6.45) is 5.99. The molecule has 0 aromatic heterocycles. The number of hydrogen-bond acceptors (Lipinski definition) is 2. The van der Waals surface area contributed by atoms with Gasteiger partial charge in [-0.2, -0.15) is 0 Å². The smallest absolute Gasteiger partial charge is 0.0916 e. The van der Waals surface area contributed by atoms with Gasteiger partial charge in [0.25, 0.3) is 0 Å². The first-order valence-corrected chi connectivity index (χ1v) is 6.19. The molecule has 1 saturated carbocycles. The number of anilines is 1. The van der Waals surface area contributed by atoms with E-state index in [2.05, 4.69) is 0 Å². The minimum atomic E-state index is -0.772. The largest absolute Gasteiger partial charge is 0.398 e. The van der Waals surface area contributed by atoms with Gasteiger partial charge in [0.15, 0.2) is 0 Å². The highest BCUT2D eigenvalue weighted by Gasteiger charge is 2.35. The third-order valence-corrected chi connectivity index (χ3v) is 3.91. The molecule has 0 saturated heterocycles. The summed E-state index contributed by atoms with van der Waals surface area (Å²) in [6.45, 7) is 1.91. The van der Waals surface area contributed by atoms with Crippen LogP contribution in [0.5, 0.6) is 0 Å². The fourth-order valence-electron chi connectivity index (χ4n) is 2.84. The van der Waals surface area contributed by atoms with Crippen LogP contribution < -0.4 is 5.73 Å². The molecule has 1 aliphatic carbocycles. The van der Waals surface area contributed by atoms with Crippen LogP contribution in [-0.4, -0.2) is 5.11 Å². The SMILES string of the molecule is CC(O)(c1ccccc1N)C1CCCCC1. The Morgan fingerprint density at radius 3 is 2.44 bits per heavy atom. The average Bonchev–Trinajstić information content (AvgIpc) is 2.30. The minimum Gasteiger partial charge on any atom is -0.398 e. The molecule has 0 bridgehead atoms. The maximum atomic E-state index is 10.7. The molecule has 0 heterocycles. The maximum absolute atomic E-state index is 10.7. The number of rotatable bonds is 2. The van der Waals surface area contributed by atoms with E-state index in [1.54, 1.807) is 0 Å². The van der Waals surface area contributed by atoms with Gasteiger partial charge < -0.3 is 10.8 Å². The van der Waals surface area contributed by atoms with Gasteiger partial charge >= 0.3 is 0 Å². The van der Waals surface area contributed by atoms with Crippen molar-refractivity contribution in [2.45, 2.75) is 44.6 Å². The molecule has 0 amide bonds. The molecule has 1 aromatic carbocycles. The van der Waals surface area contributed by atoms with E-state index < -0.39 is 5.60 Å². The van der Waals surface area contributed by atoms with Gasteiger partial charge in [-0.05, 0) is 31.7 Å². The Morgan fingerprint density at radius 1 is 1.19 bits per heavy atom. The standard InChI is InChI=1S/C14H21NO/c1-14(16,11-7-3-2-4-8-11)12-9-5-6-10-13(12)15/h5-6,9-11,16H,2-4,7-8,15H2,1H3. The van der Waals surface area contributed by atoms with Crippen molar-refractivity contribution in [3.63, 3.8) is 0 Å². The molecule has 88 valence electrons. The highest BCUT2D eigenvalue weighted by Crippen LogP contribution is 2.40. The van der Waals surface area contributed by atoms with Crippen LogP contribution in [0.15, 0.2) is 24.3 Å². The van der Waals surface area contributed by atoms with Gasteiger partial charge in [0, 0.05) is 11.3 Å². The van der Waals surface area contributed by atoms with Gasteiger partial charge in [0.2, 0.25) is 0 Å². The predicted molar refractivity (Wildman–Crippen MR) is 67.0 cm³/mol. The highest BCUT2D eigenvalue weighted by molar-refractivity contribution is 5.49. The van der Waals surface area contributed by atoms with Crippen LogP contribution in [-0.2, 0) is 5.60 Å². The molecule has 1 unspecified atom stereocenters. The zero-order valence-electron chi connectivity index (χ0n) is 9.95. The number of hydrogen-bond donors (Lipinski definition) is 2. The molecule has 1 aliphatic rings. The molecule has 2 rings (SSSR count). The van der Waals surface area contributed by atoms with E-state index in [0.29, 0.717) is 11.6 Å². The normalized spacial score (nSPS) is 21.6. The lowest BCUT2D eigenvalue weighted by Gasteiger charge is -2.36. The Balaban J connectivity index is 2.26. The fourth-order valence-corrected chi connectivity index (χ4v) is 2.84. The van der Waals surface area contributed by atoms with E-state index >= 15 is 0 Å². The molecule has 2 heteroatoms. The van der Waals surface area contributed by atoms with Crippen LogP contribution in [0, 0.1) is 5.92 Å². The molecule has 1 aromatic rings. The average molecular weight is 219 g/mol. The van der Waals surface area contributed by atoms with Crippen molar-refractivity contribution in [3.8, 4) is 0 Å². The second-order valence-corrected chi connectivity index (χ2v) is 5.07. The first-order chi connectivity index (χ1) is 7.62. The summed E-state index contributed by atoms with van der Waals surface area (Å²) < 4.78 is 0. The molecule has 1 atom stereocenters. The quantitative estimate of drug-likeness (QED) is 0.751. The van der Waals surface area contributed by atoms with Crippen LogP contribution in [0.25, 0.3) is 0 Å². The van der Waals surface area contributed by atoms with Gasteiger partial charge in [-0.3, -0.25) is 0 Å². The zero-order chi connectivity index (χ0) is 11.6. The summed E-state index contributed by atoms with van der Waals surface area (Å²) in [6, 6.07) is 7.68. The van der Waals surface area contributed by atoms with Crippen LogP contribution >= 0.6 is 0 Å². The van der Waals surface area contributed by atoms with E-state index in [9.17, 15) is 5.11 Å². The Bertz CT molecular complexity index is 354. The van der Waals surface area contributed by atoms with Gasteiger partial charge in [-0.15, -0.1) is 0 Å². The second kappa shape index (κ2) is 4.46. The van der Waals surface area contributed by atoms with Crippen molar-refractivity contribution in [3.05, 3.63) is 29.8 Å². The molecule has 0 radical (unpaired) electrons. The Kier molecular flexibility index (Phi) is 3.20. The van der Waals surface area contributed by atoms with Gasteiger partial charge in [-0.25, -0.2) is 0 Å². The molecule has 1 fully saturated rings. The van der Waals surface area contributed by atoms with Crippen LogP contribution in [0.3, 0.4) is 0 Å². The maximum Gasteiger partial charge on any atom is 0.0916 e. The molecule has 3 N–H and O–H groups in total. The molecule has 0 aliphatic heterocycles. The molecule has 2 nitrogen and oxygen atoms in total. The predicted octanol–water partition coefficient (Wildman–Crippen LogP) is 3.06. The molecular weight excluding hydrogens is 198 g/mol. The topological polar surface area (TPSA) is 46.2 Å². The van der Waals surface area contributed by atoms with Gasteiger partial charge in [0.05, 0.1) is 5.60 Å². The summed E-state index contributed by atoms with van der Waals surface area (Å²) in [5, 5.41) is 10.7. The zero-order valence-corrected chi connectivity index (χ0v) is 9.95. The summed E-state index contributed by atoms with van der Waals surface area (Å²) in [5.41, 5.74) is 6.78. The third-order valence-electron chi connectivity index (χ3n) is 3.91. The molecule has 16 heavy (non-hydrogen) atoms. The Morgan fingerprint density at radius 2 is 1.81 bits per heavy atom. The minimum absolute atomic E-state index is 0.353. The summed E-state index contributed by atoms with van der Waals surface area (Å²) in [5.74, 6) is 0.353. The number of para-hydroxylation sites is 1.